The van der Waals surface area contributed by atoms with Crippen LogP contribution in [0.1, 0.15) is 40.0 Å². The number of nitrogens with one attached hydrogen (secondary N) is 1. The van der Waals surface area contributed by atoms with E-state index in [1.54, 1.807) is 0 Å². The van der Waals surface area contributed by atoms with Crippen LogP contribution in [0.3, 0.4) is 0 Å². The Morgan fingerprint density at radius 1 is 1.37 bits per heavy atom. The van der Waals surface area contributed by atoms with E-state index in [1.165, 1.54) is 12.8 Å². The van der Waals surface area contributed by atoms with Gasteiger partial charge < -0.3 is 4.43 Å². The topological polar surface area (TPSA) is 25.6 Å². The molecule has 1 fully saturated rings. The van der Waals surface area contributed by atoms with Crippen molar-refractivity contribution in [3.05, 3.63) is 11.4 Å². The van der Waals surface area contributed by atoms with Crippen molar-refractivity contribution in [2.24, 2.45) is 11.8 Å². The van der Waals surface area contributed by atoms with Gasteiger partial charge in [0.15, 0.2) is 8.32 Å². The fourth-order valence-electron chi connectivity index (χ4n) is 2.50. The molecule has 0 aliphatic heterocycles. The zero-order valence-corrected chi connectivity index (χ0v) is 14.4. The van der Waals surface area contributed by atoms with Crippen LogP contribution in [0.25, 0.3) is 4.85 Å². The van der Waals surface area contributed by atoms with Gasteiger partial charge in [0.2, 0.25) is 0 Å². The first-order valence-corrected chi connectivity index (χ1v) is 10.3. The highest BCUT2D eigenvalue weighted by molar-refractivity contribution is 6.74. The van der Waals surface area contributed by atoms with Gasteiger partial charge in [0.1, 0.15) is 0 Å². The average Bonchev–Trinajstić information content (AvgIpc) is 2.75. The summed E-state index contributed by atoms with van der Waals surface area (Å²) in [6, 6.07) is 0. The van der Waals surface area contributed by atoms with Gasteiger partial charge in [-0.2, -0.15) is 0 Å². The molecule has 4 heteroatoms. The molecule has 0 heterocycles. The maximum absolute atomic E-state index is 7.21. The minimum Gasteiger partial charge on any atom is -0.417 e. The van der Waals surface area contributed by atoms with E-state index in [1.807, 2.05) is 7.05 Å². The predicted molar refractivity (Wildman–Crippen MR) is 83.4 cm³/mol. The van der Waals surface area contributed by atoms with Gasteiger partial charge in [-0.1, -0.05) is 20.8 Å². The first kappa shape index (κ1) is 16.7. The third-order valence-electron chi connectivity index (χ3n) is 4.95. The molecule has 3 atom stereocenters. The molecule has 0 aromatic carbocycles. The molecule has 3 unspecified atom stereocenters. The van der Waals surface area contributed by atoms with Gasteiger partial charge >= 0.3 is 0 Å². The maximum atomic E-state index is 7.21. The minimum atomic E-state index is -1.61. The van der Waals surface area contributed by atoms with Gasteiger partial charge in [-0.15, -0.1) is 0 Å². The van der Waals surface area contributed by atoms with Crippen molar-refractivity contribution in [2.75, 3.05) is 13.7 Å². The number of rotatable bonds is 5. The quantitative estimate of drug-likeness (QED) is 0.611. The summed E-state index contributed by atoms with van der Waals surface area (Å²) in [5.41, 5.74) is 0. The molecule has 0 saturated heterocycles. The molecule has 0 spiro atoms. The molecule has 19 heavy (non-hydrogen) atoms. The Kier molecular flexibility index (Phi) is 5.61. The monoisotopic (exact) mass is 282 g/mol. The van der Waals surface area contributed by atoms with Gasteiger partial charge in [-0.25, -0.2) is 6.57 Å². The zero-order chi connectivity index (χ0) is 14.7. The summed E-state index contributed by atoms with van der Waals surface area (Å²) < 4.78 is 6.31. The van der Waals surface area contributed by atoms with Crippen molar-refractivity contribution < 1.29 is 4.43 Å². The summed E-state index contributed by atoms with van der Waals surface area (Å²) in [5, 5.41) is 3.41. The fourth-order valence-corrected chi connectivity index (χ4v) is 3.59. The van der Waals surface area contributed by atoms with Crippen molar-refractivity contribution >= 4 is 8.32 Å². The largest absolute Gasteiger partial charge is 0.417 e. The highest BCUT2D eigenvalue weighted by Gasteiger charge is 2.39. The van der Waals surface area contributed by atoms with Gasteiger partial charge in [-0.3, -0.25) is 10.2 Å². The molecule has 3 nitrogen and oxygen atoms in total. The summed E-state index contributed by atoms with van der Waals surface area (Å²) >= 11 is 0. The third kappa shape index (κ3) is 4.30. The second kappa shape index (κ2) is 6.38. The van der Waals surface area contributed by atoms with Crippen LogP contribution < -0.4 is 5.32 Å². The van der Waals surface area contributed by atoms with Gasteiger partial charge in [-0.05, 0) is 50.4 Å². The van der Waals surface area contributed by atoms with Gasteiger partial charge in [0.05, 0.1) is 0 Å². The van der Waals surface area contributed by atoms with E-state index in [0.717, 1.165) is 13.0 Å². The molecular formula is C15H30N2OSi. The summed E-state index contributed by atoms with van der Waals surface area (Å²) in [6.07, 6.45) is 3.52. The van der Waals surface area contributed by atoms with Crippen LogP contribution in [0, 0.1) is 18.4 Å². The molecule has 1 aliphatic carbocycles. The van der Waals surface area contributed by atoms with Crippen molar-refractivity contribution in [1.29, 1.82) is 0 Å². The Bertz CT molecular complexity index is 330. The molecule has 110 valence electrons. The van der Waals surface area contributed by atoms with Crippen LogP contribution in [-0.2, 0) is 4.43 Å². The van der Waals surface area contributed by atoms with E-state index in [0.29, 0.717) is 11.8 Å². The Hall–Kier alpha value is -0.373. The molecule has 0 amide bonds. The number of nitrogens with zero attached hydrogens (tertiary/aromatic N) is 1. The van der Waals surface area contributed by atoms with E-state index in [9.17, 15) is 0 Å². The van der Waals surface area contributed by atoms with Gasteiger partial charge in [0, 0.05) is 12.5 Å². The van der Waals surface area contributed by atoms with E-state index < -0.39 is 8.32 Å². The van der Waals surface area contributed by atoms with Crippen LogP contribution in [0.5, 0.6) is 0 Å². The van der Waals surface area contributed by atoms with Crippen LogP contribution in [0.15, 0.2) is 0 Å². The van der Waals surface area contributed by atoms with E-state index in [4.69, 9.17) is 11.0 Å². The Morgan fingerprint density at radius 3 is 2.47 bits per heavy atom. The Labute approximate surface area is 120 Å². The van der Waals surface area contributed by atoms with E-state index >= 15 is 0 Å². The lowest BCUT2D eigenvalue weighted by atomic mass is 10.0. The van der Waals surface area contributed by atoms with Crippen molar-refractivity contribution in [3.8, 4) is 0 Å². The fraction of sp³-hybridized carbons (Fsp3) is 0.933. The van der Waals surface area contributed by atoms with E-state index in [-0.39, 0.29) is 11.2 Å². The lowest BCUT2D eigenvalue weighted by Crippen LogP contribution is -2.41. The predicted octanol–water partition coefficient (Wildman–Crippen LogP) is 3.89. The molecule has 1 saturated carbocycles. The number of hydrogen-bond acceptors (Lipinski definition) is 2. The smallest absolute Gasteiger partial charge is 0.279 e. The first-order chi connectivity index (χ1) is 8.71. The molecule has 0 radical (unpaired) electrons. The lowest BCUT2D eigenvalue weighted by molar-refractivity contribution is 0.225. The second-order valence-corrected chi connectivity index (χ2v) is 12.2. The molecule has 1 N–H and O–H groups in total. The second-order valence-electron chi connectivity index (χ2n) is 7.37. The number of hydrogen-bond donors (Lipinski definition) is 1. The van der Waals surface area contributed by atoms with Crippen molar-refractivity contribution in [1.82, 2.24) is 5.32 Å². The molecule has 1 rings (SSSR count). The summed E-state index contributed by atoms with van der Waals surface area (Å²) in [5.74, 6) is 1.16. The highest BCUT2D eigenvalue weighted by Crippen LogP contribution is 2.39. The molecular weight excluding hydrogens is 252 g/mol. The summed E-state index contributed by atoms with van der Waals surface area (Å²) in [4.78, 5) is 3.68. The standard InChI is InChI=1S/C15H30N2OSi/c1-15(2,3)19(6,7)18-11-12-8-9-13(10-12)14(16-4)17-5/h12-14,16H,8-11H2,1-4,6-7H3. The molecule has 0 aromatic rings. The first-order valence-electron chi connectivity index (χ1n) is 7.39. The van der Waals surface area contributed by atoms with Crippen LogP contribution >= 0.6 is 0 Å². The summed E-state index contributed by atoms with van der Waals surface area (Å²) in [6.45, 7) is 19.6. The van der Waals surface area contributed by atoms with Crippen LogP contribution in [0.2, 0.25) is 18.1 Å². The third-order valence-corrected chi connectivity index (χ3v) is 9.45. The average molecular weight is 283 g/mol. The zero-order valence-electron chi connectivity index (χ0n) is 13.4. The Balaban J connectivity index is 2.44. The SMILES string of the molecule is [C-]#[N+]C(NC)C1CCC(CO[Si](C)(C)C(C)(C)C)C1. The van der Waals surface area contributed by atoms with Gasteiger partial charge in [0.25, 0.3) is 6.17 Å². The lowest BCUT2D eigenvalue weighted by Gasteiger charge is -2.37. The van der Waals surface area contributed by atoms with Crippen LogP contribution in [-0.4, -0.2) is 28.1 Å². The minimum absolute atomic E-state index is 0.00197. The molecule has 0 aromatic heterocycles. The van der Waals surface area contributed by atoms with Crippen molar-refractivity contribution in [2.45, 2.75) is 64.3 Å². The van der Waals surface area contributed by atoms with Crippen LogP contribution in [0.4, 0.5) is 0 Å². The van der Waals surface area contributed by atoms with E-state index in [2.05, 4.69) is 44.0 Å². The maximum Gasteiger partial charge on any atom is 0.279 e. The summed E-state index contributed by atoms with van der Waals surface area (Å²) in [7, 11) is 0.277. The normalized spacial score (nSPS) is 26.2. The highest BCUT2D eigenvalue weighted by atomic mass is 28.4. The molecule has 0 bridgehead atoms. The molecule has 1 aliphatic rings. The van der Waals surface area contributed by atoms with Crippen molar-refractivity contribution in [3.63, 3.8) is 0 Å². The Morgan fingerprint density at radius 2 is 2.00 bits per heavy atom.